The van der Waals surface area contributed by atoms with Crippen LogP contribution in [-0.4, -0.2) is 25.2 Å². The monoisotopic (exact) mass is 292 g/mol. The Balaban J connectivity index is 1.78. The van der Waals surface area contributed by atoms with Gasteiger partial charge in [-0.15, -0.1) is 11.3 Å². The Bertz CT molecular complexity index is 528. The lowest BCUT2D eigenvalue weighted by Crippen LogP contribution is -2.17. The van der Waals surface area contributed by atoms with E-state index in [0.717, 1.165) is 30.5 Å². The summed E-state index contributed by atoms with van der Waals surface area (Å²) in [5, 5.41) is 4.30. The first-order valence-electron chi connectivity index (χ1n) is 6.60. The molecule has 2 rings (SSSR count). The summed E-state index contributed by atoms with van der Waals surface area (Å²) in [6, 6.07) is 8.05. The largest absolute Gasteiger partial charge is 0.486 e. The summed E-state index contributed by atoms with van der Waals surface area (Å²) in [7, 11) is 1.70. The van der Waals surface area contributed by atoms with E-state index in [1.807, 2.05) is 24.4 Å². The molecule has 0 aliphatic rings. The third-order valence-electron chi connectivity index (χ3n) is 2.74. The molecule has 0 amide bonds. The molecule has 0 atom stereocenters. The van der Waals surface area contributed by atoms with Crippen LogP contribution in [0.15, 0.2) is 30.5 Å². The fourth-order valence-electron chi connectivity index (χ4n) is 1.73. The minimum atomic E-state index is 0.520. The number of rotatable bonds is 8. The highest BCUT2D eigenvalue weighted by molar-refractivity contribution is 7.11. The molecule has 0 bridgehead atoms. The summed E-state index contributed by atoms with van der Waals surface area (Å²) in [4.78, 5) is 5.59. The van der Waals surface area contributed by atoms with Crippen molar-refractivity contribution in [3.8, 4) is 5.75 Å². The highest BCUT2D eigenvalue weighted by Gasteiger charge is 2.03. The predicted molar refractivity (Wildman–Crippen MR) is 81.2 cm³/mol. The van der Waals surface area contributed by atoms with Gasteiger partial charge in [0, 0.05) is 31.3 Å². The number of methoxy groups -OCH3 is 1. The molecular formula is C15H20N2O2S. The van der Waals surface area contributed by atoms with E-state index < -0.39 is 0 Å². The van der Waals surface area contributed by atoms with Crippen molar-refractivity contribution in [2.45, 2.75) is 20.1 Å². The first-order chi connectivity index (χ1) is 9.78. The van der Waals surface area contributed by atoms with Crippen molar-refractivity contribution >= 4 is 11.3 Å². The molecule has 1 aromatic carbocycles. The number of thiazole rings is 1. The molecule has 2 aromatic rings. The number of aryl methyl sites for hydroxylation is 1. The van der Waals surface area contributed by atoms with Crippen molar-refractivity contribution in [2.24, 2.45) is 0 Å². The molecule has 0 unspecified atom stereocenters. The van der Waals surface area contributed by atoms with Gasteiger partial charge in [-0.3, -0.25) is 0 Å². The Hall–Kier alpha value is -1.43. The third-order valence-corrected chi connectivity index (χ3v) is 3.71. The van der Waals surface area contributed by atoms with E-state index in [4.69, 9.17) is 9.47 Å². The molecule has 0 fully saturated rings. The number of hydrogen-bond acceptors (Lipinski definition) is 5. The van der Waals surface area contributed by atoms with Crippen LogP contribution in [0.4, 0.5) is 0 Å². The lowest BCUT2D eigenvalue weighted by atomic mass is 10.2. The smallest absolute Gasteiger partial charge is 0.140 e. The van der Waals surface area contributed by atoms with Crippen LogP contribution in [0.5, 0.6) is 5.75 Å². The number of aromatic nitrogens is 1. The van der Waals surface area contributed by atoms with E-state index in [1.165, 1.54) is 10.4 Å². The van der Waals surface area contributed by atoms with Gasteiger partial charge in [0.05, 0.1) is 6.61 Å². The number of nitrogens with zero attached hydrogens (tertiary/aromatic N) is 1. The fraction of sp³-hybridized carbons (Fsp3) is 0.400. The van der Waals surface area contributed by atoms with Crippen LogP contribution in [-0.2, 0) is 17.9 Å². The zero-order valence-electron chi connectivity index (χ0n) is 11.9. The molecule has 1 N–H and O–H groups in total. The fourth-order valence-corrected chi connectivity index (χ4v) is 2.54. The lowest BCUT2D eigenvalue weighted by molar-refractivity contribution is 0.199. The van der Waals surface area contributed by atoms with Gasteiger partial charge in [-0.2, -0.15) is 0 Å². The summed E-state index contributed by atoms with van der Waals surface area (Å²) < 4.78 is 10.7. The van der Waals surface area contributed by atoms with Gasteiger partial charge in [0.1, 0.15) is 17.4 Å². The maximum absolute atomic E-state index is 5.74. The molecule has 5 heteroatoms. The first kappa shape index (κ1) is 15.0. The van der Waals surface area contributed by atoms with E-state index in [2.05, 4.69) is 23.3 Å². The Morgan fingerprint density at radius 2 is 2.25 bits per heavy atom. The summed E-state index contributed by atoms with van der Waals surface area (Å²) in [5.41, 5.74) is 1.20. The number of benzene rings is 1. The number of ether oxygens (including phenoxy) is 2. The van der Waals surface area contributed by atoms with Crippen LogP contribution in [0.25, 0.3) is 0 Å². The van der Waals surface area contributed by atoms with Crippen LogP contribution < -0.4 is 10.1 Å². The minimum absolute atomic E-state index is 0.520. The molecule has 1 heterocycles. The SMILES string of the molecule is COCCNCc1cnc(COc2cccc(C)c2)s1. The zero-order valence-corrected chi connectivity index (χ0v) is 12.7. The van der Waals surface area contributed by atoms with Gasteiger partial charge >= 0.3 is 0 Å². The second-order valence-electron chi connectivity index (χ2n) is 4.50. The number of hydrogen-bond donors (Lipinski definition) is 1. The second kappa shape index (κ2) is 7.99. The predicted octanol–water partition coefficient (Wildman–Crippen LogP) is 2.77. The maximum atomic E-state index is 5.74. The molecule has 20 heavy (non-hydrogen) atoms. The molecule has 0 spiro atoms. The highest BCUT2D eigenvalue weighted by Crippen LogP contribution is 2.17. The van der Waals surface area contributed by atoms with Gasteiger partial charge in [-0.1, -0.05) is 12.1 Å². The Kier molecular flexibility index (Phi) is 5.98. The molecular weight excluding hydrogens is 272 g/mol. The molecule has 0 saturated carbocycles. The zero-order chi connectivity index (χ0) is 14.2. The van der Waals surface area contributed by atoms with Crippen LogP contribution >= 0.6 is 11.3 Å². The molecule has 4 nitrogen and oxygen atoms in total. The van der Waals surface area contributed by atoms with E-state index >= 15 is 0 Å². The second-order valence-corrected chi connectivity index (χ2v) is 5.69. The molecule has 0 saturated heterocycles. The topological polar surface area (TPSA) is 43.4 Å². The molecule has 0 aliphatic heterocycles. The number of nitrogens with one attached hydrogen (secondary N) is 1. The van der Waals surface area contributed by atoms with Crippen molar-refractivity contribution in [1.29, 1.82) is 0 Å². The molecule has 108 valence electrons. The van der Waals surface area contributed by atoms with Crippen LogP contribution in [0.1, 0.15) is 15.4 Å². The van der Waals surface area contributed by atoms with Crippen molar-refractivity contribution in [3.63, 3.8) is 0 Å². The van der Waals surface area contributed by atoms with Crippen molar-refractivity contribution in [3.05, 3.63) is 45.9 Å². The van der Waals surface area contributed by atoms with Crippen LogP contribution in [0.3, 0.4) is 0 Å². The standard InChI is InChI=1S/C15H20N2O2S/c1-12-4-3-5-13(8-12)19-11-15-17-10-14(20-15)9-16-6-7-18-2/h3-5,8,10,16H,6-7,9,11H2,1-2H3. The first-order valence-corrected chi connectivity index (χ1v) is 7.42. The van der Waals surface area contributed by atoms with E-state index in [1.54, 1.807) is 18.4 Å². The van der Waals surface area contributed by atoms with Crippen LogP contribution in [0.2, 0.25) is 0 Å². The van der Waals surface area contributed by atoms with Crippen LogP contribution in [0, 0.1) is 6.92 Å². The van der Waals surface area contributed by atoms with Gasteiger partial charge in [-0.05, 0) is 24.6 Å². The minimum Gasteiger partial charge on any atom is -0.486 e. The third kappa shape index (κ3) is 4.92. The summed E-state index contributed by atoms with van der Waals surface area (Å²) in [5.74, 6) is 0.889. The molecule has 0 aliphatic carbocycles. The van der Waals surface area contributed by atoms with E-state index in [0.29, 0.717) is 6.61 Å². The van der Waals surface area contributed by atoms with Gasteiger partial charge in [0.15, 0.2) is 0 Å². The van der Waals surface area contributed by atoms with Gasteiger partial charge in [0.2, 0.25) is 0 Å². The normalized spacial score (nSPS) is 10.7. The van der Waals surface area contributed by atoms with Gasteiger partial charge in [0.25, 0.3) is 0 Å². The average Bonchev–Trinajstić information content (AvgIpc) is 2.89. The van der Waals surface area contributed by atoms with Crippen molar-refractivity contribution < 1.29 is 9.47 Å². The summed E-state index contributed by atoms with van der Waals surface area (Å²) in [6.45, 7) is 4.98. The quantitative estimate of drug-likeness (QED) is 0.760. The van der Waals surface area contributed by atoms with Crippen molar-refractivity contribution in [1.82, 2.24) is 10.3 Å². The van der Waals surface area contributed by atoms with E-state index in [-0.39, 0.29) is 0 Å². The Morgan fingerprint density at radius 3 is 3.05 bits per heavy atom. The van der Waals surface area contributed by atoms with Gasteiger partial charge in [-0.25, -0.2) is 4.98 Å². The molecule has 1 aromatic heterocycles. The summed E-state index contributed by atoms with van der Waals surface area (Å²) in [6.07, 6.45) is 1.90. The lowest BCUT2D eigenvalue weighted by Gasteiger charge is -2.04. The van der Waals surface area contributed by atoms with Gasteiger partial charge < -0.3 is 14.8 Å². The Morgan fingerprint density at radius 1 is 1.35 bits per heavy atom. The van der Waals surface area contributed by atoms with E-state index in [9.17, 15) is 0 Å². The maximum Gasteiger partial charge on any atom is 0.140 e. The van der Waals surface area contributed by atoms with Crippen molar-refractivity contribution in [2.75, 3.05) is 20.3 Å². The highest BCUT2D eigenvalue weighted by atomic mass is 32.1. The average molecular weight is 292 g/mol. The summed E-state index contributed by atoms with van der Waals surface area (Å²) >= 11 is 1.67. The molecule has 0 radical (unpaired) electrons. The Labute approximate surface area is 123 Å².